The molecule has 5 heteroatoms. The maximum Gasteiger partial charge on any atom is 0.410 e. The topological polar surface area (TPSA) is 55.8 Å². The first-order valence-corrected chi connectivity index (χ1v) is 10.3. The lowest BCUT2D eigenvalue weighted by atomic mass is 9.91. The minimum absolute atomic E-state index is 0.0150. The van der Waals surface area contributed by atoms with Crippen molar-refractivity contribution in [1.82, 2.24) is 4.90 Å². The van der Waals surface area contributed by atoms with Gasteiger partial charge in [0, 0.05) is 18.4 Å². The minimum atomic E-state index is -0.502. The summed E-state index contributed by atoms with van der Waals surface area (Å²) in [5.74, 6) is 0.486. The summed E-state index contributed by atoms with van der Waals surface area (Å²) in [5, 5.41) is 0. The van der Waals surface area contributed by atoms with Crippen LogP contribution in [0.25, 0.3) is 11.1 Å². The fourth-order valence-electron chi connectivity index (χ4n) is 5.15. The summed E-state index contributed by atoms with van der Waals surface area (Å²) in [6.07, 6.45) is -0.619. The first kappa shape index (κ1) is 18.4. The number of carbonyl (C=O) groups is 2. The van der Waals surface area contributed by atoms with Crippen LogP contribution in [0.3, 0.4) is 0 Å². The maximum absolute atomic E-state index is 13.0. The maximum atomic E-state index is 13.0. The number of ketones is 1. The average Bonchev–Trinajstić information content (AvgIpc) is 3.38. The second-order valence-corrected chi connectivity index (χ2v) is 8.55. The van der Waals surface area contributed by atoms with Crippen LogP contribution in [-0.4, -0.2) is 48.7 Å². The highest BCUT2D eigenvalue weighted by Gasteiger charge is 2.53. The highest BCUT2D eigenvalue weighted by atomic mass is 16.6. The van der Waals surface area contributed by atoms with E-state index in [9.17, 15) is 9.59 Å². The van der Waals surface area contributed by atoms with Crippen molar-refractivity contribution < 1.29 is 19.1 Å². The Morgan fingerprint density at radius 3 is 2.34 bits per heavy atom. The zero-order chi connectivity index (χ0) is 20.1. The first-order chi connectivity index (χ1) is 14.1. The van der Waals surface area contributed by atoms with Crippen molar-refractivity contribution in [2.45, 2.75) is 31.9 Å². The zero-order valence-corrected chi connectivity index (χ0v) is 16.7. The largest absolute Gasteiger partial charge is 0.448 e. The average molecular weight is 391 g/mol. The van der Waals surface area contributed by atoms with Gasteiger partial charge in [-0.1, -0.05) is 62.4 Å². The smallest absolute Gasteiger partial charge is 0.410 e. The summed E-state index contributed by atoms with van der Waals surface area (Å²) >= 11 is 0. The van der Waals surface area contributed by atoms with Crippen molar-refractivity contribution in [2.75, 3.05) is 19.8 Å². The summed E-state index contributed by atoms with van der Waals surface area (Å²) in [6.45, 7) is 5.08. The van der Waals surface area contributed by atoms with Gasteiger partial charge in [-0.25, -0.2) is 4.79 Å². The van der Waals surface area contributed by atoms with Crippen molar-refractivity contribution in [1.29, 1.82) is 0 Å². The Balaban J connectivity index is 1.36. The number of ether oxygens (including phenoxy) is 2. The molecule has 150 valence electrons. The van der Waals surface area contributed by atoms with E-state index in [1.54, 1.807) is 4.90 Å². The van der Waals surface area contributed by atoms with Gasteiger partial charge in [0.25, 0.3) is 0 Å². The molecule has 2 saturated heterocycles. The van der Waals surface area contributed by atoms with Gasteiger partial charge in [-0.05, 0) is 28.2 Å². The van der Waals surface area contributed by atoms with Crippen molar-refractivity contribution in [3.05, 3.63) is 59.7 Å². The van der Waals surface area contributed by atoms with Crippen LogP contribution in [0.2, 0.25) is 0 Å². The molecule has 2 aromatic carbocycles. The molecular formula is C24H25NO4. The van der Waals surface area contributed by atoms with Crippen LogP contribution in [0.15, 0.2) is 48.5 Å². The standard InChI is InChI=1S/C24H25NO4/c1-14(2)19-11-25(22-21(26)13-28-23(19)22)24(27)29-12-20-17-9-5-3-7-15(17)16-8-4-6-10-18(16)20/h3-10,14,19-20,22-23H,11-13H2,1-2H3/t19-,22+,23+/m0/s1. The Morgan fingerprint density at radius 2 is 1.72 bits per heavy atom. The molecule has 3 atom stereocenters. The van der Waals surface area contributed by atoms with Gasteiger partial charge < -0.3 is 9.47 Å². The molecule has 1 amide bonds. The SMILES string of the molecule is CC(C)[C@@H]1CN(C(=O)OCC2c3ccccc3-c3ccccc32)[C@@H]2C(=O)CO[C@@H]21. The van der Waals surface area contributed by atoms with E-state index in [0.29, 0.717) is 12.5 Å². The number of amides is 1. The van der Waals surface area contributed by atoms with Gasteiger partial charge in [0.1, 0.15) is 19.3 Å². The summed E-state index contributed by atoms with van der Waals surface area (Å²) in [7, 11) is 0. The molecule has 2 aliphatic heterocycles. The van der Waals surface area contributed by atoms with Gasteiger partial charge in [-0.3, -0.25) is 9.69 Å². The summed E-state index contributed by atoms with van der Waals surface area (Å²) < 4.78 is 11.5. The predicted octanol–water partition coefficient (Wildman–Crippen LogP) is 3.86. The van der Waals surface area contributed by atoms with Crippen molar-refractivity contribution in [2.24, 2.45) is 11.8 Å². The van der Waals surface area contributed by atoms with Crippen LogP contribution < -0.4 is 0 Å². The van der Waals surface area contributed by atoms with E-state index in [-0.39, 0.29) is 36.9 Å². The number of carbonyl (C=O) groups excluding carboxylic acids is 2. The lowest BCUT2D eigenvalue weighted by Gasteiger charge is -2.23. The molecular weight excluding hydrogens is 366 g/mol. The molecule has 0 unspecified atom stereocenters. The number of fused-ring (bicyclic) bond motifs is 4. The number of nitrogens with zero attached hydrogens (tertiary/aromatic N) is 1. The molecule has 5 rings (SSSR count). The van der Waals surface area contributed by atoms with E-state index in [1.165, 1.54) is 22.3 Å². The van der Waals surface area contributed by atoms with Crippen LogP contribution in [-0.2, 0) is 14.3 Å². The van der Waals surface area contributed by atoms with E-state index in [0.717, 1.165) is 0 Å². The quantitative estimate of drug-likeness (QED) is 0.797. The molecule has 2 heterocycles. The lowest BCUT2D eigenvalue weighted by molar-refractivity contribution is -0.121. The number of hydrogen-bond donors (Lipinski definition) is 0. The molecule has 0 N–H and O–H groups in total. The van der Waals surface area contributed by atoms with E-state index < -0.39 is 12.1 Å². The Hall–Kier alpha value is -2.66. The Labute approximate surface area is 170 Å². The molecule has 0 radical (unpaired) electrons. The zero-order valence-electron chi connectivity index (χ0n) is 16.7. The number of benzene rings is 2. The Morgan fingerprint density at radius 1 is 1.10 bits per heavy atom. The highest BCUT2D eigenvalue weighted by molar-refractivity contribution is 5.91. The van der Waals surface area contributed by atoms with Crippen LogP contribution in [0.5, 0.6) is 0 Å². The van der Waals surface area contributed by atoms with E-state index >= 15 is 0 Å². The number of Topliss-reactive ketones (excluding diaryl/α,β-unsaturated/α-hetero) is 1. The summed E-state index contributed by atoms with van der Waals surface area (Å²) in [6, 6.07) is 16.0. The van der Waals surface area contributed by atoms with Gasteiger partial charge in [-0.15, -0.1) is 0 Å². The molecule has 0 bridgehead atoms. The van der Waals surface area contributed by atoms with E-state index in [4.69, 9.17) is 9.47 Å². The normalized spacial score (nSPS) is 25.3. The third kappa shape index (κ3) is 2.87. The van der Waals surface area contributed by atoms with Crippen LogP contribution in [0.4, 0.5) is 4.79 Å². The number of likely N-dealkylation sites (tertiary alicyclic amines) is 1. The molecule has 3 aliphatic rings. The number of rotatable bonds is 3. The van der Waals surface area contributed by atoms with Crippen LogP contribution in [0.1, 0.15) is 30.9 Å². The van der Waals surface area contributed by atoms with Gasteiger partial charge in [-0.2, -0.15) is 0 Å². The van der Waals surface area contributed by atoms with Gasteiger partial charge >= 0.3 is 6.09 Å². The predicted molar refractivity (Wildman–Crippen MR) is 109 cm³/mol. The van der Waals surface area contributed by atoms with Crippen LogP contribution in [0, 0.1) is 11.8 Å². The molecule has 29 heavy (non-hydrogen) atoms. The third-order valence-corrected chi connectivity index (χ3v) is 6.65. The molecule has 2 aromatic rings. The Bertz CT molecular complexity index is 923. The van der Waals surface area contributed by atoms with Crippen molar-refractivity contribution in [3.63, 3.8) is 0 Å². The van der Waals surface area contributed by atoms with Gasteiger partial charge in [0.2, 0.25) is 0 Å². The molecule has 1 aliphatic carbocycles. The van der Waals surface area contributed by atoms with Gasteiger partial charge in [0.15, 0.2) is 5.78 Å². The highest BCUT2D eigenvalue weighted by Crippen LogP contribution is 2.44. The number of hydrogen-bond acceptors (Lipinski definition) is 4. The second kappa shape index (κ2) is 6.99. The lowest BCUT2D eigenvalue weighted by Crippen LogP contribution is -2.42. The molecule has 0 saturated carbocycles. The second-order valence-electron chi connectivity index (χ2n) is 8.55. The van der Waals surface area contributed by atoms with E-state index in [2.05, 4.69) is 38.1 Å². The minimum Gasteiger partial charge on any atom is -0.448 e. The molecule has 5 nitrogen and oxygen atoms in total. The summed E-state index contributed by atoms with van der Waals surface area (Å²) in [5.41, 5.74) is 4.76. The van der Waals surface area contributed by atoms with Crippen molar-refractivity contribution >= 4 is 11.9 Å². The van der Waals surface area contributed by atoms with Crippen LogP contribution >= 0.6 is 0 Å². The van der Waals surface area contributed by atoms with E-state index in [1.807, 2.05) is 24.3 Å². The van der Waals surface area contributed by atoms with Crippen molar-refractivity contribution in [3.8, 4) is 11.1 Å². The first-order valence-electron chi connectivity index (χ1n) is 10.3. The fraction of sp³-hybridized carbons (Fsp3) is 0.417. The molecule has 2 fully saturated rings. The summed E-state index contributed by atoms with van der Waals surface area (Å²) in [4.78, 5) is 26.9. The van der Waals surface area contributed by atoms with Gasteiger partial charge in [0.05, 0.1) is 6.10 Å². The Kier molecular flexibility index (Phi) is 4.43. The fourth-order valence-corrected chi connectivity index (χ4v) is 5.15. The monoisotopic (exact) mass is 391 g/mol. The molecule has 0 spiro atoms. The third-order valence-electron chi connectivity index (χ3n) is 6.65. The molecule has 0 aromatic heterocycles.